The largest absolute Gasteiger partial charge is 0.465 e. The summed E-state index contributed by atoms with van der Waals surface area (Å²) < 4.78 is 10.7. The van der Waals surface area contributed by atoms with Crippen LogP contribution in [0.15, 0.2) is 54.6 Å². The van der Waals surface area contributed by atoms with Crippen LogP contribution in [-0.2, 0) is 14.9 Å². The number of rotatable bonds is 5. The molecule has 0 amide bonds. The van der Waals surface area contributed by atoms with Crippen LogP contribution in [0.3, 0.4) is 0 Å². The summed E-state index contributed by atoms with van der Waals surface area (Å²) in [7, 11) is 0. The fourth-order valence-electron chi connectivity index (χ4n) is 2.00. The molecule has 1 atom stereocenters. The molecule has 4 heteroatoms. The van der Waals surface area contributed by atoms with E-state index in [1.165, 1.54) is 0 Å². The van der Waals surface area contributed by atoms with Gasteiger partial charge in [0.2, 0.25) is 0 Å². The normalized spacial score (nSPS) is 12.8. The van der Waals surface area contributed by atoms with Crippen LogP contribution < -0.4 is 4.74 Å². The Labute approximate surface area is 129 Å². The van der Waals surface area contributed by atoms with Crippen molar-refractivity contribution in [2.75, 3.05) is 6.61 Å². The molecule has 0 heterocycles. The molecule has 112 valence electrons. The van der Waals surface area contributed by atoms with Crippen LogP contribution in [0.4, 0.5) is 0 Å². The number of benzene rings is 2. The number of hydrogen-bond donors (Lipinski definition) is 0. The third-order valence-electron chi connectivity index (χ3n) is 3.30. The van der Waals surface area contributed by atoms with Gasteiger partial charge in [-0.25, -0.2) is 4.79 Å². The summed E-state index contributed by atoms with van der Waals surface area (Å²) in [6, 6.07) is 18.3. The predicted molar refractivity (Wildman–Crippen MR) is 82.6 cm³/mol. The van der Waals surface area contributed by atoms with Crippen molar-refractivity contribution in [3.8, 4) is 17.6 Å². The lowest BCUT2D eigenvalue weighted by atomic mass is 9.84. The van der Waals surface area contributed by atoms with Crippen molar-refractivity contribution in [1.29, 1.82) is 5.26 Å². The molecule has 0 saturated heterocycles. The standard InChI is InChI=1S/C18H17NO3/c1-3-21-17(20)18(2,13-19)14-8-7-11-16(12-14)22-15-9-5-4-6-10-15/h4-12H,3H2,1-2H3. The van der Waals surface area contributed by atoms with Gasteiger partial charge in [0.25, 0.3) is 0 Å². The van der Waals surface area contributed by atoms with Crippen LogP contribution in [0.2, 0.25) is 0 Å². The Morgan fingerprint density at radius 2 is 1.82 bits per heavy atom. The van der Waals surface area contributed by atoms with E-state index in [-0.39, 0.29) is 6.61 Å². The van der Waals surface area contributed by atoms with E-state index in [1.54, 1.807) is 38.1 Å². The molecule has 2 aromatic rings. The van der Waals surface area contributed by atoms with Crippen molar-refractivity contribution in [1.82, 2.24) is 0 Å². The minimum atomic E-state index is -1.36. The second kappa shape index (κ2) is 6.77. The number of esters is 1. The Bertz CT molecular complexity index is 691. The number of carbonyl (C=O) groups is 1. The minimum absolute atomic E-state index is 0.232. The number of nitriles is 1. The van der Waals surface area contributed by atoms with Gasteiger partial charge >= 0.3 is 5.97 Å². The van der Waals surface area contributed by atoms with Gasteiger partial charge in [0.05, 0.1) is 12.7 Å². The molecule has 0 aliphatic carbocycles. The summed E-state index contributed by atoms with van der Waals surface area (Å²) >= 11 is 0. The number of hydrogen-bond acceptors (Lipinski definition) is 4. The SMILES string of the molecule is CCOC(=O)C(C)(C#N)c1cccc(Oc2ccccc2)c1. The first kappa shape index (κ1) is 15.6. The van der Waals surface area contributed by atoms with E-state index in [0.29, 0.717) is 17.1 Å². The van der Waals surface area contributed by atoms with Crippen LogP contribution in [0.1, 0.15) is 19.4 Å². The highest BCUT2D eigenvalue weighted by Crippen LogP contribution is 2.29. The van der Waals surface area contributed by atoms with Gasteiger partial charge in [0, 0.05) is 0 Å². The smallest absolute Gasteiger partial charge is 0.330 e. The van der Waals surface area contributed by atoms with Gasteiger partial charge in [-0.3, -0.25) is 0 Å². The first-order valence-electron chi connectivity index (χ1n) is 7.02. The van der Waals surface area contributed by atoms with Gasteiger partial charge in [-0.1, -0.05) is 30.3 Å². The maximum absolute atomic E-state index is 12.1. The van der Waals surface area contributed by atoms with E-state index in [2.05, 4.69) is 0 Å². The molecule has 0 spiro atoms. The van der Waals surface area contributed by atoms with Crippen LogP contribution in [0.5, 0.6) is 11.5 Å². The van der Waals surface area contributed by atoms with Gasteiger partial charge in [0.15, 0.2) is 5.41 Å². The zero-order chi connectivity index (χ0) is 16.0. The average molecular weight is 295 g/mol. The molecule has 0 saturated carbocycles. The van der Waals surface area contributed by atoms with Crippen molar-refractivity contribution in [2.24, 2.45) is 0 Å². The third-order valence-corrected chi connectivity index (χ3v) is 3.30. The van der Waals surface area contributed by atoms with Crippen LogP contribution in [0.25, 0.3) is 0 Å². The summed E-state index contributed by atoms with van der Waals surface area (Å²) in [6.07, 6.45) is 0. The Balaban J connectivity index is 2.31. The summed E-state index contributed by atoms with van der Waals surface area (Å²) in [4.78, 5) is 12.1. The summed E-state index contributed by atoms with van der Waals surface area (Å²) in [5, 5.41) is 9.42. The Kier molecular flexibility index (Phi) is 4.80. The zero-order valence-electron chi connectivity index (χ0n) is 12.6. The molecule has 0 bridgehead atoms. The van der Waals surface area contributed by atoms with Crippen molar-refractivity contribution >= 4 is 5.97 Å². The maximum atomic E-state index is 12.1. The fraction of sp³-hybridized carbons (Fsp3) is 0.222. The minimum Gasteiger partial charge on any atom is -0.465 e. The molecule has 0 aliphatic rings. The molecule has 0 fully saturated rings. The third kappa shape index (κ3) is 3.26. The maximum Gasteiger partial charge on any atom is 0.330 e. The number of nitrogens with zero attached hydrogens (tertiary/aromatic N) is 1. The second-order valence-corrected chi connectivity index (χ2v) is 4.90. The molecule has 4 nitrogen and oxygen atoms in total. The quantitative estimate of drug-likeness (QED) is 0.787. The lowest BCUT2D eigenvalue weighted by Crippen LogP contribution is -2.32. The number of ether oxygens (including phenoxy) is 2. The Morgan fingerprint density at radius 3 is 2.45 bits per heavy atom. The van der Waals surface area contributed by atoms with E-state index in [1.807, 2.05) is 36.4 Å². The number of para-hydroxylation sites is 1. The monoisotopic (exact) mass is 295 g/mol. The highest BCUT2D eigenvalue weighted by atomic mass is 16.5. The van der Waals surface area contributed by atoms with Crippen molar-refractivity contribution < 1.29 is 14.3 Å². The first-order chi connectivity index (χ1) is 10.6. The first-order valence-corrected chi connectivity index (χ1v) is 7.02. The lowest BCUT2D eigenvalue weighted by Gasteiger charge is -2.20. The highest BCUT2D eigenvalue weighted by molar-refractivity contribution is 5.86. The van der Waals surface area contributed by atoms with Crippen LogP contribution >= 0.6 is 0 Å². The molecule has 0 aliphatic heterocycles. The predicted octanol–water partition coefficient (Wildman–Crippen LogP) is 3.82. The zero-order valence-corrected chi connectivity index (χ0v) is 12.6. The van der Waals surface area contributed by atoms with E-state index in [0.717, 1.165) is 0 Å². The molecular weight excluding hydrogens is 278 g/mol. The molecule has 1 unspecified atom stereocenters. The fourth-order valence-corrected chi connectivity index (χ4v) is 2.00. The summed E-state index contributed by atoms with van der Waals surface area (Å²) in [5.41, 5.74) is -0.812. The van der Waals surface area contributed by atoms with Gasteiger partial charge < -0.3 is 9.47 Å². The van der Waals surface area contributed by atoms with E-state index >= 15 is 0 Å². The molecule has 0 radical (unpaired) electrons. The number of carbonyl (C=O) groups excluding carboxylic acids is 1. The molecule has 0 aromatic heterocycles. The highest BCUT2D eigenvalue weighted by Gasteiger charge is 2.37. The molecule has 22 heavy (non-hydrogen) atoms. The second-order valence-electron chi connectivity index (χ2n) is 4.90. The lowest BCUT2D eigenvalue weighted by molar-refractivity contribution is -0.147. The molecule has 2 aromatic carbocycles. The molecular formula is C18H17NO3. The molecule has 0 N–H and O–H groups in total. The average Bonchev–Trinajstić information content (AvgIpc) is 2.55. The Morgan fingerprint density at radius 1 is 1.14 bits per heavy atom. The van der Waals surface area contributed by atoms with E-state index < -0.39 is 11.4 Å². The van der Waals surface area contributed by atoms with Gasteiger partial charge in [-0.2, -0.15) is 5.26 Å². The van der Waals surface area contributed by atoms with Crippen molar-refractivity contribution in [3.63, 3.8) is 0 Å². The van der Waals surface area contributed by atoms with Gasteiger partial charge in [-0.05, 0) is 43.7 Å². The topological polar surface area (TPSA) is 59.3 Å². The summed E-state index contributed by atoms with van der Waals surface area (Å²) in [6.45, 7) is 3.49. The van der Waals surface area contributed by atoms with Crippen molar-refractivity contribution in [2.45, 2.75) is 19.3 Å². The van der Waals surface area contributed by atoms with E-state index in [4.69, 9.17) is 9.47 Å². The summed E-state index contributed by atoms with van der Waals surface area (Å²) in [5.74, 6) is 0.693. The van der Waals surface area contributed by atoms with Gasteiger partial charge in [0.1, 0.15) is 11.5 Å². The molecule has 2 rings (SSSR count). The van der Waals surface area contributed by atoms with Crippen LogP contribution in [-0.4, -0.2) is 12.6 Å². The van der Waals surface area contributed by atoms with Crippen LogP contribution in [0, 0.1) is 11.3 Å². The van der Waals surface area contributed by atoms with E-state index in [9.17, 15) is 10.1 Å². The van der Waals surface area contributed by atoms with Gasteiger partial charge in [-0.15, -0.1) is 0 Å². The Hall–Kier alpha value is -2.80. The van der Waals surface area contributed by atoms with Crippen molar-refractivity contribution in [3.05, 3.63) is 60.2 Å².